The molecule has 1 amide bonds. The van der Waals surface area contributed by atoms with E-state index in [0.717, 1.165) is 22.8 Å². The third-order valence-corrected chi connectivity index (χ3v) is 6.02. The molecule has 0 aliphatic carbocycles. The Morgan fingerprint density at radius 2 is 1.78 bits per heavy atom. The molecule has 0 bridgehead atoms. The van der Waals surface area contributed by atoms with Crippen LogP contribution >= 0.6 is 0 Å². The minimum atomic E-state index is -0.0387. The minimum Gasteiger partial charge on any atom is -0.493 e. The van der Waals surface area contributed by atoms with Gasteiger partial charge in [-0.2, -0.15) is 5.10 Å². The number of rotatable bonds is 5. The molecular formula is C26H26N4O2. The average Bonchev–Trinajstić information content (AvgIpc) is 3.52. The first kappa shape index (κ1) is 20.1. The number of benzene rings is 2. The van der Waals surface area contributed by atoms with Crippen LogP contribution < -0.4 is 4.74 Å². The highest BCUT2D eigenvalue weighted by Gasteiger charge is 2.32. The highest BCUT2D eigenvalue weighted by Crippen LogP contribution is 2.33. The lowest BCUT2D eigenvalue weighted by Gasteiger charge is -2.19. The standard InChI is InChI=1S/C26H26N4O2/c1-4-32-24-10-6-5-9-21(24)26(31)29-16-22-23(17-29)27-30(25(22)28-13-7-8-14-28)20-12-11-18(2)19(3)15-20/h5-15H,4,16-17H2,1-3H3. The molecule has 5 rings (SSSR count). The lowest BCUT2D eigenvalue weighted by atomic mass is 10.1. The molecule has 32 heavy (non-hydrogen) atoms. The first-order valence-corrected chi connectivity index (χ1v) is 10.9. The van der Waals surface area contributed by atoms with Crippen molar-refractivity contribution in [1.29, 1.82) is 0 Å². The van der Waals surface area contributed by atoms with Crippen molar-refractivity contribution >= 4 is 5.91 Å². The van der Waals surface area contributed by atoms with Crippen molar-refractivity contribution in [2.75, 3.05) is 6.61 Å². The van der Waals surface area contributed by atoms with Crippen LogP contribution in [0.3, 0.4) is 0 Å². The zero-order valence-electron chi connectivity index (χ0n) is 18.6. The summed E-state index contributed by atoms with van der Waals surface area (Å²) in [5, 5.41) is 4.94. The van der Waals surface area contributed by atoms with Gasteiger partial charge in [0.05, 0.1) is 36.6 Å². The van der Waals surface area contributed by atoms with Gasteiger partial charge in [0.15, 0.2) is 0 Å². The second-order valence-electron chi connectivity index (χ2n) is 8.11. The molecule has 0 spiro atoms. The maximum absolute atomic E-state index is 13.3. The number of carbonyl (C=O) groups excluding carboxylic acids is 1. The number of ether oxygens (including phenoxy) is 1. The van der Waals surface area contributed by atoms with E-state index in [1.165, 1.54) is 11.1 Å². The van der Waals surface area contributed by atoms with Crippen molar-refractivity contribution < 1.29 is 9.53 Å². The Morgan fingerprint density at radius 1 is 1.00 bits per heavy atom. The molecule has 6 nitrogen and oxygen atoms in total. The van der Waals surface area contributed by atoms with Crippen LogP contribution in [0, 0.1) is 13.8 Å². The third-order valence-electron chi connectivity index (χ3n) is 6.02. The summed E-state index contributed by atoms with van der Waals surface area (Å²) in [6.45, 7) is 7.64. The van der Waals surface area contributed by atoms with Crippen molar-refractivity contribution in [1.82, 2.24) is 19.2 Å². The van der Waals surface area contributed by atoms with E-state index in [9.17, 15) is 4.79 Å². The number of aryl methyl sites for hydroxylation is 2. The Labute approximate surface area is 187 Å². The number of hydrogen-bond acceptors (Lipinski definition) is 3. The highest BCUT2D eigenvalue weighted by molar-refractivity contribution is 5.97. The molecule has 4 aromatic rings. The predicted octanol–water partition coefficient (Wildman–Crippen LogP) is 4.83. The summed E-state index contributed by atoms with van der Waals surface area (Å²) in [6, 6.07) is 17.8. The molecule has 0 fully saturated rings. The van der Waals surface area contributed by atoms with E-state index in [-0.39, 0.29) is 5.91 Å². The van der Waals surface area contributed by atoms with Gasteiger partial charge in [-0.05, 0) is 68.3 Å². The fourth-order valence-electron chi connectivity index (χ4n) is 4.22. The smallest absolute Gasteiger partial charge is 0.258 e. The number of nitrogens with zero attached hydrogens (tertiary/aromatic N) is 4. The molecule has 2 aromatic carbocycles. The molecule has 162 valence electrons. The van der Waals surface area contributed by atoms with Gasteiger partial charge in [0.1, 0.15) is 11.6 Å². The Balaban J connectivity index is 1.53. The Hall–Kier alpha value is -3.80. The van der Waals surface area contributed by atoms with Gasteiger partial charge in [0, 0.05) is 18.0 Å². The molecule has 3 heterocycles. The van der Waals surface area contributed by atoms with Crippen LogP contribution in [0.25, 0.3) is 11.5 Å². The Bertz CT molecular complexity index is 1290. The van der Waals surface area contributed by atoms with Crippen molar-refractivity contribution in [3.05, 3.63) is 94.9 Å². The normalized spacial score (nSPS) is 12.8. The van der Waals surface area contributed by atoms with Gasteiger partial charge in [0.25, 0.3) is 5.91 Å². The molecule has 6 heteroatoms. The minimum absolute atomic E-state index is 0.0387. The van der Waals surface area contributed by atoms with Crippen molar-refractivity contribution in [2.24, 2.45) is 0 Å². The molecule has 0 saturated heterocycles. The van der Waals surface area contributed by atoms with Gasteiger partial charge in [-0.3, -0.25) is 4.79 Å². The number of carbonyl (C=O) groups is 1. The van der Waals surface area contributed by atoms with Gasteiger partial charge < -0.3 is 14.2 Å². The van der Waals surface area contributed by atoms with E-state index in [1.54, 1.807) is 0 Å². The van der Waals surface area contributed by atoms with E-state index in [4.69, 9.17) is 9.84 Å². The van der Waals surface area contributed by atoms with Crippen LogP contribution in [0.4, 0.5) is 0 Å². The van der Waals surface area contributed by atoms with Crippen molar-refractivity contribution in [3.8, 4) is 17.3 Å². The Kier molecular flexibility index (Phi) is 5.05. The number of hydrogen-bond donors (Lipinski definition) is 0. The molecule has 2 aromatic heterocycles. The molecule has 0 N–H and O–H groups in total. The fourth-order valence-corrected chi connectivity index (χ4v) is 4.22. The van der Waals surface area contributed by atoms with E-state index in [2.05, 4.69) is 36.6 Å². The van der Waals surface area contributed by atoms with Gasteiger partial charge in [-0.1, -0.05) is 18.2 Å². The second kappa shape index (κ2) is 8.04. The number of fused-ring (bicyclic) bond motifs is 1. The highest BCUT2D eigenvalue weighted by atomic mass is 16.5. The summed E-state index contributed by atoms with van der Waals surface area (Å²) in [4.78, 5) is 15.2. The zero-order valence-corrected chi connectivity index (χ0v) is 18.6. The summed E-state index contributed by atoms with van der Waals surface area (Å²) in [5.74, 6) is 1.56. The first-order valence-electron chi connectivity index (χ1n) is 10.9. The van der Waals surface area contributed by atoms with Crippen molar-refractivity contribution in [3.63, 3.8) is 0 Å². The van der Waals surface area contributed by atoms with E-state index in [1.807, 2.05) is 65.3 Å². The van der Waals surface area contributed by atoms with E-state index < -0.39 is 0 Å². The number of amides is 1. The molecule has 1 aliphatic rings. The van der Waals surface area contributed by atoms with Crippen molar-refractivity contribution in [2.45, 2.75) is 33.9 Å². The Morgan fingerprint density at radius 3 is 2.53 bits per heavy atom. The lowest BCUT2D eigenvalue weighted by molar-refractivity contribution is 0.0745. The third kappa shape index (κ3) is 3.38. The molecular weight excluding hydrogens is 400 g/mol. The first-order chi connectivity index (χ1) is 15.6. The van der Waals surface area contributed by atoms with Gasteiger partial charge >= 0.3 is 0 Å². The maximum atomic E-state index is 13.3. The molecule has 0 radical (unpaired) electrons. The lowest BCUT2D eigenvalue weighted by Crippen LogP contribution is -2.27. The predicted molar refractivity (Wildman–Crippen MR) is 124 cm³/mol. The average molecular weight is 427 g/mol. The molecule has 0 atom stereocenters. The zero-order chi connectivity index (χ0) is 22.2. The largest absolute Gasteiger partial charge is 0.493 e. The van der Waals surface area contributed by atoms with Gasteiger partial charge in [-0.25, -0.2) is 4.68 Å². The summed E-state index contributed by atoms with van der Waals surface area (Å²) in [7, 11) is 0. The number of para-hydroxylation sites is 1. The quantitative estimate of drug-likeness (QED) is 0.459. The SMILES string of the molecule is CCOc1ccccc1C(=O)N1Cc2nn(-c3ccc(C)c(C)c3)c(-n3cccc3)c2C1. The van der Waals surface area contributed by atoms with E-state index >= 15 is 0 Å². The van der Waals surface area contributed by atoms with Gasteiger partial charge in [-0.15, -0.1) is 0 Å². The fraction of sp³-hybridized carbons (Fsp3) is 0.231. The molecule has 0 unspecified atom stereocenters. The van der Waals surface area contributed by atoms with Gasteiger partial charge in [0.2, 0.25) is 0 Å². The monoisotopic (exact) mass is 426 g/mol. The molecule has 1 aliphatic heterocycles. The summed E-state index contributed by atoms with van der Waals surface area (Å²) in [5.41, 5.74) is 6.08. The van der Waals surface area contributed by atoms with Crippen LogP contribution in [0.5, 0.6) is 5.75 Å². The van der Waals surface area contributed by atoms with Crippen LogP contribution in [0.15, 0.2) is 67.0 Å². The van der Waals surface area contributed by atoms with Crippen LogP contribution in [0.1, 0.15) is 39.7 Å². The summed E-state index contributed by atoms with van der Waals surface area (Å²) < 4.78 is 9.75. The topological polar surface area (TPSA) is 52.3 Å². The summed E-state index contributed by atoms with van der Waals surface area (Å²) in [6.07, 6.45) is 4.04. The summed E-state index contributed by atoms with van der Waals surface area (Å²) >= 11 is 0. The maximum Gasteiger partial charge on any atom is 0.258 e. The van der Waals surface area contributed by atoms with Crippen LogP contribution in [-0.2, 0) is 13.1 Å². The van der Waals surface area contributed by atoms with Crippen LogP contribution in [-0.4, -0.2) is 31.8 Å². The molecule has 0 saturated carbocycles. The number of aromatic nitrogens is 3. The second-order valence-corrected chi connectivity index (χ2v) is 8.11. The van der Waals surface area contributed by atoms with E-state index in [0.29, 0.717) is 31.0 Å². The van der Waals surface area contributed by atoms with Crippen LogP contribution in [0.2, 0.25) is 0 Å².